The van der Waals surface area contributed by atoms with E-state index in [1.165, 1.54) is 18.1 Å². The largest absolute Gasteiger partial charge is 0.360 e. The summed E-state index contributed by atoms with van der Waals surface area (Å²) in [6, 6.07) is 3.67. The van der Waals surface area contributed by atoms with Crippen molar-refractivity contribution in [3.63, 3.8) is 0 Å². The van der Waals surface area contributed by atoms with Crippen LogP contribution in [0.15, 0.2) is 33.4 Å². The van der Waals surface area contributed by atoms with E-state index in [2.05, 4.69) is 20.4 Å². The van der Waals surface area contributed by atoms with Gasteiger partial charge < -0.3 is 9.84 Å². The SMILES string of the molecule is CCC(Sc1ncnc2sccc12)C(=O)Nc1cc(C)on1. The molecule has 0 saturated heterocycles. The maximum Gasteiger partial charge on any atom is 0.239 e. The van der Waals surface area contributed by atoms with Crippen molar-refractivity contribution >= 4 is 45.0 Å². The first-order valence-electron chi connectivity index (χ1n) is 6.76. The monoisotopic (exact) mass is 334 g/mol. The zero-order chi connectivity index (χ0) is 15.5. The third-order valence-corrected chi connectivity index (χ3v) is 5.22. The first-order chi connectivity index (χ1) is 10.7. The number of hydrogen-bond donors (Lipinski definition) is 1. The molecule has 3 heterocycles. The normalized spacial score (nSPS) is 12.5. The molecule has 22 heavy (non-hydrogen) atoms. The van der Waals surface area contributed by atoms with Crippen LogP contribution in [0.4, 0.5) is 5.82 Å². The van der Waals surface area contributed by atoms with Crippen molar-refractivity contribution in [2.24, 2.45) is 0 Å². The van der Waals surface area contributed by atoms with Crippen LogP contribution in [-0.2, 0) is 4.79 Å². The van der Waals surface area contributed by atoms with Gasteiger partial charge in [0, 0.05) is 11.5 Å². The van der Waals surface area contributed by atoms with Gasteiger partial charge in [-0.3, -0.25) is 4.79 Å². The Kier molecular flexibility index (Phi) is 4.39. The van der Waals surface area contributed by atoms with Crippen LogP contribution in [0, 0.1) is 6.92 Å². The van der Waals surface area contributed by atoms with Gasteiger partial charge >= 0.3 is 0 Å². The molecule has 3 aromatic heterocycles. The second-order valence-electron chi connectivity index (χ2n) is 4.65. The van der Waals surface area contributed by atoms with Crippen molar-refractivity contribution in [3.8, 4) is 0 Å². The summed E-state index contributed by atoms with van der Waals surface area (Å²) in [6.07, 6.45) is 2.22. The highest BCUT2D eigenvalue weighted by Crippen LogP contribution is 2.31. The lowest BCUT2D eigenvalue weighted by Gasteiger charge is -2.13. The molecule has 1 atom stereocenters. The number of carbonyl (C=O) groups excluding carboxylic acids is 1. The Morgan fingerprint density at radius 1 is 1.50 bits per heavy atom. The number of carbonyl (C=O) groups is 1. The first kappa shape index (κ1) is 15.0. The van der Waals surface area contributed by atoms with Gasteiger partial charge in [-0.05, 0) is 24.8 Å². The topological polar surface area (TPSA) is 80.9 Å². The second-order valence-corrected chi connectivity index (χ2v) is 6.73. The molecule has 0 aliphatic rings. The number of hydrogen-bond acceptors (Lipinski definition) is 7. The van der Waals surface area contributed by atoms with Gasteiger partial charge in [0.1, 0.15) is 21.9 Å². The summed E-state index contributed by atoms with van der Waals surface area (Å²) >= 11 is 3.00. The van der Waals surface area contributed by atoms with Crippen molar-refractivity contribution in [2.45, 2.75) is 30.5 Å². The molecular weight excluding hydrogens is 320 g/mol. The van der Waals surface area contributed by atoms with Crippen molar-refractivity contribution in [1.82, 2.24) is 15.1 Å². The molecule has 114 valence electrons. The number of fused-ring (bicyclic) bond motifs is 1. The molecule has 0 aliphatic heterocycles. The van der Waals surface area contributed by atoms with E-state index in [0.29, 0.717) is 18.0 Å². The van der Waals surface area contributed by atoms with Crippen LogP contribution in [0.3, 0.4) is 0 Å². The van der Waals surface area contributed by atoms with Crippen LogP contribution >= 0.6 is 23.1 Å². The van der Waals surface area contributed by atoms with E-state index >= 15 is 0 Å². The Hall–Kier alpha value is -1.93. The lowest BCUT2D eigenvalue weighted by atomic mass is 10.3. The summed E-state index contributed by atoms with van der Waals surface area (Å²) < 4.78 is 4.95. The number of amides is 1. The predicted octanol–water partition coefficient (Wildman–Crippen LogP) is 3.50. The fourth-order valence-electron chi connectivity index (χ4n) is 1.95. The van der Waals surface area contributed by atoms with E-state index in [4.69, 9.17) is 4.52 Å². The Morgan fingerprint density at radius 2 is 2.36 bits per heavy atom. The minimum atomic E-state index is -0.255. The van der Waals surface area contributed by atoms with E-state index in [1.54, 1.807) is 24.3 Å². The van der Waals surface area contributed by atoms with Crippen LogP contribution in [0.1, 0.15) is 19.1 Å². The van der Waals surface area contributed by atoms with Crippen LogP contribution in [0.2, 0.25) is 0 Å². The van der Waals surface area contributed by atoms with Crippen molar-refractivity contribution in [3.05, 3.63) is 29.6 Å². The fourth-order valence-corrected chi connectivity index (χ4v) is 3.75. The van der Waals surface area contributed by atoms with Crippen LogP contribution < -0.4 is 5.32 Å². The number of aromatic nitrogens is 3. The average Bonchev–Trinajstić information content (AvgIpc) is 3.13. The lowest BCUT2D eigenvalue weighted by molar-refractivity contribution is -0.115. The van der Waals surface area contributed by atoms with E-state index in [0.717, 1.165) is 15.2 Å². The standard InChI is InChI=1S/C14H14N4O2S2/c1-3-10(12(19)17-11-6-8(2)20-18-11)22-14-9-4-5-21-13(9)15-7-16-14/h4-7,10H,3H2,1-2H3,(H,17,18,19). The van der Waals surface area contributed by atoms with E-state index < -0.39 is 0 Å². The molecule has 0 fully saturated rings. The van der Waals surface area contributed by atoms with E-state index in [1.807, 2.05) is 18.4 Å². The molecule has 3 aromatic rings. The van der Waals surface area contributed by atoms with Crippen molar-refractivity contribution in [1.29, 1.82) is 0 Å². The molecule has 8 heteroatoms. The van der Waals surface area contributed by atoms with Gasteiger partial charge in [-0.15, -0.1) is 11.3 Å². The minimum Gasteiger partial charge on any atom is -0.360 e. The third kappa shape index (κ3) is 3.12. The average molecular weight is 334 g/mol. The van der Waals surface area contributed by atoms with Gasteiger partial charge in [-0.2, -0.15) is 0 Å². The number of anilines is 1. The zero-order valence-corrected chi connectivity index (χ0v) is 13.7. The molecule has 0 aromatic carbocycles. The fraction of sp³-hybridized carbons (Fsp3) is 0.286. The molecule has 1 unspecified atom stereocenters. The summed E-state index contributed by atoms with van der Waals surface area (Å²) in [4.78, 5) is 21.8. The Labute approximate surface area is 135 Å². The van der Waals surface area contributed by atoms with Gasteiger partial charge in [0.15, 0.2) is 5.82 Å². The summed E-state index contributed by atoms with van der Waals surface area (Å²) in [7, 11) is 0. The third-order valence-electron chi connectivity index (χ3n) is 3.02. The molecular formula is C14H14N4O2S2. The Balaban J connectivity index is 1.76. The number of nitrogens with one attached hydrogen (secondary N) is 1. The maximum absolute atomic E-state index is 12.4. The molecule has 1 N–H and O–H groups in total. The molecule has 1 amide bonds. The van der Waals surface area contributed by atoms with Gasteiger partial charge in [-0.1, -0.05) is 23.8 Å². The van der Waals surface area contributed by atoms with Gasteiger partial charge in [-0.25, -0.2) is 9.97 Å². The molecule has 0 spiro atoms. The zero-order valence-electron chi connectivity index (χ0n) is 12.1. The van der Waals surface area contributed by atoms with Crippen LogP contribution in [0.25, 0.3) is 10.2 Å². The number of rotatable bonds is 5. The van der Waals surface area contributed by atoms with Gasteiger partial charge in [0.05, 0.1) is 5.25 Å². The number of aryl methyl sites for hydroxylation is 1. The first-order valence-corrected chi connectivity index (χ1v) is 8.52. The summed E-state index contributed by atoms with van der Waals surface area (Å²) in [5.74, 6) is 0.986. The lowest BCUT2D eigenvalue weighted by Crippen LogP contribution is -2.24. The van der Waals surface area contributed by atoms with Crippen molar-refractivity contribution in [2.75, 3.05) is 5.32 Å². The van der Waals surface area contributed by atoms with E-state index in [-0.39, 0.29) is 11.2 Å². The number of nitrogens with zero attached hydrogens (tertiary/aromatic N) is 3. The maximum atomic E-state index is 12.4. The summed E-state index contributed by atoms with van der Waals surface area (Å²) in [6.45, 7) is 3.75. The molecule has 6 nitrogen and oxygen atoms in total. The Bertz CT molecular complexity index is 799. The highest BCUT2D eigenvalue weighted by Gasteiger charge is 2.21. The highest BCUT2D eigenvalue weighted by molar-refractivity contribution is 8.00. The molecule has 3 rings (SSSR count). The summed E-state index contributed by atoms with van der Waals surface area (Å²) in [5.41, 5.74) is 0. The van der Waals surface area contributed by atoms with Gasteiger partial charge in [0.2, 0.25) is 5.91 Å². The molecule has 0 saturated carbocycles. The minimum absolute atomic E-state index is 0.109. The van der Waals surface area contributed by atoms with Crippen LogP contribution in [0.5, 0.6) is 0 Å². The summed E-state index contributed by atoms with van der Waals surface area (Å²) in [5, 5.41) is 10.1. The van der Waals surface area contributed by atoms with Crippen LogP contribution in [-0.4, -0.2) is 26.3 Å². The molecule has 0 bridgehead atoms. The quantitative estimate of drug-likeness (QED) is 0.568. The number of thiophene rings is 1. The smallest absolute Gasteiger partial charge is 0.239 e. The number of thioether (sulfide) groups is 1. The molecule has 0 aliphatic carbocycles. The van der Waals surface area contributed by atoms with Gasteiger partial charge in [0.25, 0.3) is 0 Å². The van der Waals surface area contributed by atoms with Crippen molar-refractivity contribution < 1.29 is 9.32 Å². The second kappa shape index (κ2) is 6.45. The predicted molar refractivity (Wildman–Crippen MR) is 87.2 cm³/mol. The highest BCUT2D eigenvalue weighted by atomic mass is 32.2. The Morgan fingerprint density at radius 3 is 3.09 bits per heavy atom. The molecule has 0 radical (unpaired) electrons. The van der Waals surface area contributed by atoms with E-state index in [9.17, 15) is 4.79 Å².